The Hall–Kier alpha value is -2.86. The van der Waals surface area contributed by atoms with Crippen molar-refractivity contribution in [3.63, 3.8) is 0 Å². The molecular weight excluding hydrogens is 282 g/mol. The van der Waals surface area contributed by atoms with Crippen LogP contribution in [0.15, 0.2) is 61.2 Å². The predicted molar refractivity (Wildman–Crippen MR) is 92.1 cm³/mol. The molecule has 3 nitrogen and oxygen atoms in total. The average molecular weight is 301 g/mol. The lowest BCUT2D eigenvalue weighted by Gasteiger charge is -2.16. The van der Waals surface area contributed by atoms with Crippen LogP contribution in [0.3, 0.4) is 0 Å². The van der Waals surface area contributed by atoms with Gasteiger partial charge in [0.2, 0.25) is 0 Å². The summed E-state index contributed by atoms with van der Waals surface area (Å²) >= 11 is 0. The van der Waals surface area contributed by atoms with E-state index < -0.39 is 0 Å². The Bertz CT molecular complexity index is 838. The minimum absolute atomic E-state index is 0.294. The molecule has 0 aliphatic heterocycles. The molecule has 0 saturated heterocycles. The summed E-state index contributed by atoms with van der Waals surface area (Å²) in [5.41, 5.74) is 4.00. The van der Waals surface area contributed by atoms with E-state index in [-0.39, 0.29) is 0 Å². The molecule has 2 heterocycles. The standard InChI is InChI=1S/C20H19N3/c1-3-20(18-7-5-4-6-8-18)23-14-19(22-15-23)10-9-17-11-12-21-16(2)13-17/h4-8,11-15,20H,3H2,1-2H3. The Morgan fingerprint density at radius 2 is 1.91 bits per heavy atom. The van der Waals surface area contributed by atoms with Crippen molar-refractivity contribution in [3.05, 3.63) is 83.7 Å². The second-order valence-corrected chi connectivity index (χ2v) is 5.48. The molecule has 0 N–H and O–H groups in total. The molecule has 0 radical (unpaired) electrons. The van der Waals surface area contributed by atoms with Crippen molar-refractivity contribution in [2.75, 3.05) is 0 Å². The molecule has 0 fully saturated rings. The first-order valence-electron chi connectivity index (χ1n) is 7.79. The highest BCUT2D eigenvalue weighted by Gasteiger charge is 2.11. The van der Waals surface area contributed by atoms with Gasteiger partial charge in [-0.3, -0.25) is 4.98 Å². The smallest absolute Gasteiger partial charge is 0.131 e. The number of rotatable bonds is 3. The van der Waals surface area contributed by atoms with Crippen molar-refractivity contribution in [2.24, 2.45) is 0 Å². The fourth-order valence-corrected chi connectivity index (χ4v) is 2.63. The highest BCUT2D eigenvalue weighted by Crippen LogP contribution is 2.21. The van der Waals surface area contributed by atoms with Gasteiger partial charge in [-0.2, -0.15) is 0 Å². The molecule has 3 heteroatoms. The summed E-state index contributed by atoms with van der Waals surface area (Å²) in [6.07, 6.45) is 6.67. The zero-order valence-corrected chi connectivity index (χ0v) is 13.4. The van der Waals surface area contributed by atoms with Gasteiger partial charge in [-0.05, 0) is 37.0 Å². The SMILES string of the molecule is CCC(c1ccccc1)n1cnc(C#Cc2ccnc(C)c2)c1. The topological polar surface area (TPSA) is 30.7 Å². The van der Waals surface area contributed by atoms with E-state index >= 15 is 0 Å². The first-order valence-corrected chi connectivity index (χ1v) is 7.79. The van der Waals surface area contributed by atoms with Crippen LogP contribution in [0.2, 0.25) is 0 Å². The third kappa shape index (κ3) is 3.67. The molecule has 0 spiro atoms. The van der Waals surface area contributed by atoms with Crippen molar-refractivity contribution in [1.82, 2.24) is 14.5 Å². The first-order chi connectivity index (χ1) is 11.3. The van der Waals surface area contributed by atoms with Gasteiger partial charge >= 0.3 is 0 Å². The molecule has 1 unspecified atom stereocenters. The predicted octanol–water partition coefficient (Wildman–Crippen LogP) is 3.99. The molecule has 0 aliphatic rings. The largest absolute Gasteiger partial charge is 0.329 e. The third-order valence-corrected chi connectivity index (χ3v) is 3.76. The van der Waals surface area contributed by atoms with Crippen LogP contribution in [0, 0.1) is 18.8 Å². The molecule has 23 heavy (non-hydrogen) atoms. The van der Waals surface area contributed by atoms with Crippen molar-refractivity contribution in [2.45, 2.75) is 26.3 Å². The lowest BCUT2D eigenvalue weighted by molar-refractivity contribution is 0.566. The van der Waals surface area contributed by atoms with Gasteiger partial charge in [0.05, 0.1) is 12.4 Å². The Kier molecular flexibility index (Phi) is 4.54. The van der Waals surface area contributed by atoms with E-state index in [1.165, 1.54) is 5.56 Å². The summed E-state index contributed by atoms with van der Waals surface area (Å²) in [7, 11) is 0. The fourth-order valence-electron chi connectivity index (χ4n) is 2.63. The molecule has 1 aromatic carbocycles. The molecular formula is C20H19N3. The highest BCUT2D eigenvalue weighted by molar-refractivity contribution is 5.39. The number of aromatic nitrogens is 3. The Morgan fingerprint density at radius 3 is 2.65 bits per heavy atom. The maximum absolute atomic E-state index is 4.42. The van der Waals surface area contributed by atoms with Gasteiger partial charge < -0.3 is 4.57 Å². The number of hydrogen-bond donors (Lipinski definition) is 0. The van der Waals surface area contributed by atoms with Crippen molar-refractivity contribution >= 4 is 0 Å². The Balaban J connectivity index is 1.83. The normalized spacial score (nSPS) is 11.6. The summed E-state index contributed by atoms with van der Waals surface area (Å²) in [5, 5.41) is 0. The summed E-state index contributed by atoms with van der Waals surface area (Å²) in [6, 6.07) is 14.7. The summed E-state index contributed by atoms with van der Waals surface area (Å²) < 4.78 is 2.14. The Morgan fingerprint density at radius 1 is 1.09 bits per heavy atom. The second-order valence-electron chi connectivity index (χ2n) is 5.48. The maximum Gasteiger partial charge on any atom is 0.131 e. The minimum atomic E-state index is 0.294. The molecule has 3 rings (SSSR count). The molecule has 0 bridgehead atoms. The number of imidazole rings is 1. The van der Waals surface area contributed by atoms with Crippen molar-refractivity contribution in [3.8, 4) is 11.8 Å². The molecule has 1 atom stereocenters. The zero-order chi connectivity index (χ0) is 16.1. The van der Waals surface area contributed by atoms with Gasteiger partial charge in [-0.15, -0.1) is 0 Å². The van der Waals surface area contributed by atoms with E-state index in [1.807, 2.05) is 37.6 Å². The van der Waals surface area contributed by atoms with Crippen LogP contribution in [-0.4, -0.2) is 14.5 Å². The van der Waals surface area contributed by atoms with Crippen LogP contribution >= 0.6 is 0 Å². The van der Waals surface area contributed by atoms with E-state index in [0.29, 0.717) is 6.04 Å². The van der Waals surface area contributed by atoms with E-state index in [1.54, 1.807) is 6.20 Å². The summed E-state index contributed by atoms with van der Waals surface area (Å²) in [5.74, 6) is 6.28. The van der Waals surface area contributed by atoms with Crippen LogP contribution in [0.4, 0.5) is 0 Å². The van der Waals surface area contributed by atoms with Crippen molar-refractivity contribution < 1.29 is 0 Å². The van der Waals surface area contributed by atoms with Crippen LogP contribution in [0.5, 0.6) is 0 Å². The molecule has 114 valence electrons. The third-order valence-electron chi connectivity index (χ3n) is 3.76. The lowest BCUT2D eigenvalue weighted by atomic mass is 10.0. The van der Waals surface area contributed by atoms with E-state index in [2.05, 4.69) is 57.6 Å². The van der Waals surface area contributed by atoms with Gasteiger partial charge in [0, 0.05) is 23.7 Å². The highest BCUT2D eigenvalue weighted by atomic mass is 15.1. The van der Waals surface area contributed by atoms with Crippen LogP contribution in [0.1, 0.15) is 41.9 Å². The monoisotopic (exact) mass is 301 g/mol. The van der Waals surface area contributed by atoms with E-state index in [0.717, 1.165) is 23.4 Å². The van der Waals surface area contributed by atoms with Crippen LogP contribution in [0.25, 0.3) is 0 Å². The van der Waals surface area contributed by atoms with Gasteiger partial charge in [-0.1, -0.05) is 43.2 Å². The van der Waals surface area contributed by atoms with Crippen LogP contribution in [-0.2, 0) is 0 Å². The first kappa shape index (κ1) is 15.1. The molecule has 0 aliphatic carbocycles. The fraction of sp³-hybridized carbons (Fsp3) is 0.200. The van der Waals surface area contributed by atoms with E-state index in [4.69, 9.17) is 0 Å². The van der Waals surface area contributed by atoms with Gasteiger partial charge in [-0.25, -0.2) is 4.98 Å². The molecule has 0 amide bonds. The second kappa shape index (κ2) is 6.93. The van der Waals surface area contributed by atoms with E-state index in [9.17, 15) is 0 Å². The van der Waals surface area contributed by atoms with Crippen LogP contribution < -0.4 is 0 Å². The minimum Gasteiger partial charge on any atom is -0.329 e. The Labute approximate surface area is 137 Å². The zero-order valence-electron chi connectivity index (χ0n) is 13.4. The number of benzene rings is 1. The van der Waals surface area contributed by atoms with Crippen molar-refractivity contribution in [1.29, 1.82) is 0 Å². The summed E-state index contributed by atoms with van der Waals surface area (Å²) in [4.78, 5) is 8.60. The van der Waals surface area contributed by atoms with Gasteiger partial charge in [0.25, 0.3) is 0 Å². The summed E-state index contributed by atoms with van der Waals surface area (Å²) in [6.45, 7) is 4.15. The molecule has 2 aromatic heterocycles. The molecule has 3 aromatic rings. The van der Waals surface area contributed by atoms with Gasteiger partial charge in [0.1, 0.15) is 5.69 Å². The maximum atomic E-state index is 4.42. The molecule has 0 saturated carbocycles. The number of pyridine rings is 1. The lowest BCUT2D eigenvalue weighted by Crippen LogP contribution is -2.07. The number of nitrogens with zero attached hydrogens (tertiary/aromatic N) is 3. The quantitative estimate of drug-likeness (QED) is 0.685. The number of aryl methyl sites for hydroxylation is 1. The average Bonchev–Trinajstić information content (AvgIpc) is 3.03. The number of hydrogen-bond acceptors (Lipinski definition) is 2. The van der Waals surface area contributed by atoms with Gasteiger partial charge in [0.15, 0.2) is 0 Å².